The van der Waals surface area contributed by atoms with Gasteiger partial charge in [-0.1, -0.05) is 12.1 Å². The molecule has 1 saturated carbocycles. The molecule has 38 heavy (non-hydrogen) atoms. The summed E-state index contributed by atoms with van der Waals surface area (Å²) in [6.45, 7) is 6.06. The Kier molecular flexibility index (Phi) is 6.01. The molecule has 0 radical (unpaired) electrons. The highest BCUT2D eigenvalue weighted by Crippen LogP contribution is 2.36. The number of ether oxygens (including phenoxy) is 1. The zero-order valence-corrected chi connectivity index (χ0v) is 22.0. The van der Waals surface area contributed by atoms with Crippen molar-refractivity contribution in [2.24, 2.45) is 0 Å². The Morgan fingerprint density at radius 3 is 2.66 bits per heavy atom. The highest BCUT2D eigenvalue weighted by atomic mass is 16.6. The number of rotatable bonds is 5. The van der Waals surface area contributed by atoms with Crippen LogP contribution in [0, 0.1) is 0 Å². The number of hydrogen-bond donors (Lipinski definition) is 0. The van der Waals surface area contributed by atoms with Crippen molar-refractivity contribution < 1.29 is 14.3 Å². The third-order valence-electron chi connectivity index (χ3n) is 7.15. The number of aryl methyl sites for hydroxylation is 1. The van der Waals surface area contributed by atoms with Gasteiger partial charge in [0, 0.05) is 29.9 Å². The highest BCUT2D eigenvalue weighted by Gasteiger charge is 2.40. The molecule has 0 N–H and O–H groups in total. The van der Waals surface area contributed by atoms with E-state index in [2.05, 4.69) is 20.1 Å². The van der Waals surface area contributed by atoms with Crippen molar-refractivity contribution in [3.63, 3.8) is 0 Å². The molecular formula is C29H32N6O3. The maximum atomic E-state index is 14.1. The second-order valence-electron chi connectivity index (χ2n) is 11.2. The maximum absolute atomic E-state index is 14.1. The predicted molar refractivity (Wildman–Crippen MR) is 142 cm³/mol. The minimum absolute atomic E-state index is 0.0449. The molecule has 3 heterocycles. The SMILES string of the molecule is CC(C)(C)OC(=O)n1cc2c(n1)CCC(N(C(=O)c1cccc3c1cnn3Cc1ccccn1)C1CC1)C2. The van der Waals surface area contributed by atoms with Crippen molar-refractivity contribution in [1.29, 1.82) is 0 Å². The lowest BCUT2D eigenvalue weighted by molar-refractivity contribution is 0.0513. The van der Waals surface area contributed by atoms with Crippen LogP contribution in [0.2, 0.25) is 0 Å². The van der Waals surface area contributed by atoms with Crippen LogP contribution in [0.5, 0.6) is 0 Å². The molecule has 2 aliphatic carbocycles. The average molecular weight is 513 g/mol. The molecule has 0 saturated heterocycles. The van der Waals surface area contributed by atoms with E-state index in [0.29, 0.717) is 18.5 Å². The molecule has 6 rings (SSSR count). The second-order valence-corrected chi connectivity index (χ2v) is 11.2. The second kappa shape index (κ2) is 9.38. The molecule has 196 valence electrons. The van der Waals surface area contributed by atoms with Crippen LogP contribution in [-0.4, -0.2) is 59.1 Å². The van der Waals surface area contributed by atoms with Gasteiger partial charge in [0.15, 0.2) is 0 Å². The molecule has 1 amide bonds. The van der Waals surface area contributed by atoms with Crippen LogP contribution >= 0.6 is 0 Å². The van der Waals surface area contributed by atoms with Gasteiger partial charge in [-0.05, 0) is 82.7 Å². The summed E-state index contributed by atoms with van der Waals surface area (Å²) in [4.78, 5) is 33.1. The van der Waals surface area contributed by atoms with E-state index in [1.165, 1.54) is 4.68 Å². The van der Waals surface area contributed by atoms with E-state index in [1.807, 2.05) is 61.9 Å². The number of amides is 1. The molecule has 1 atom stereocenters. The topological polar surface area (TPSA) is 95.1 Å². The Morgan fingerprint density at radius 1 is 1.08 bits per heavy atom. The van der Waals surface area contributed by atoms with E-state index in [-0.39, 0.29) is 18.0 Å². The molecule has 1 aromatic carbocycles. The summed E-state index contributed by atoms with van der Waals surface area (Å²) in [6, 6.07) is 12.0. The van der Waals surface area contributed by atoms with Gasteiger partial charge in [0.25, 0.3) is 5.91 Å². The number of pyridine rings is 1. The fourth-order valence-electron chi connectivity index (χ4n) is 5.31. The zero-order valence-electron chi connectivity index (χ0n) is 22.0. The number of carbonyl (C=O) groups excluding carboxylic acids is 2. The van der Waals surface area contributed by atoms with Crippen molar-refractivity contribution in [2.75, 3.05) is 0 Å². The molecule has 0 aliphatic heterocycles. The molecular weight excluding hydrogens is 480 g/mol. The van der Waals surface area contributed by atoms with Crippen LogP contribution in [0.1, 0.15) is 67.3 Å². The molecule has 9 nitrogen and oxygen atoms in total. The minimum Gasteiger partial charge on any atom is -0.442 e. The van der Waals surface area contributed by atoms with E-state index in [1.54, 1.807) is 18.6 Å². The number of benzene rings is 1. The monoisotopic (exact) mass is 512 g/mol. The van der Waals surface area contributed by atoms with Crippen LogP contribution in [0.25, 0.3) is 10.9 Å². The summed E-state index contributed by atoms with van der Waals surface area (Å²) in [5.74, 6) is 0.0449. The van der Waals surface area contributed by atoms with Crippen LogP contribution in [-0.2, 0) is 24.1 Å². The first kappa shape index (κ1) is 24.3. The normalized spacial score (nSPS) is 17.3. The van der Waals surface area contributed by atoms with Gasteiger partial charge in [0.1, 0.15) is 5.60 Å². The van der Waals surface area contributed by atoms with E-state index >= 15 is 0 Å². The minimum atomic E-state index is -0.590. The van der Waals surface area contributed by atoms with Crippen LogP contribution < -0.4 is 0 Å². The summed E-state index contributed by atoms with van der Waals surface area (Å²) in [7, 11) is 0. The first-order chi connectivity index (χ1) is 18.3. The summed E-state index contributed by atoms with van der Waals surface area (Å²) >= 11 is 0. The van der Waals surface area contributed by atoms with Crippen molar-refractivity contribution in [2.45, 2.75) is 77.1 Å². The molecule has 4 aromatic rings. The summed E-state index contributed by atoms with van der Waals surface area (Å²) in [5, 5.41) is 9.94. The molecule has 0 spiro atoms. The lowest BCUT2D eigenvalue weighted by Gasteiger charge is -2.34. The lowest BCUT2D eigenvalue weighted by Crippen LogP contribution is -2.44. The van der Waals surface area contributed by atoms with E-state index in [0.717, 1.165) is 53.5 Å². The fraction of sp³-hybridized carbons (Fsp3) is 0.414. The number of nitrogens with zero attached hydrogens (tertiary/aromatic N) is 6. The number of carbonyl (C=O) groups is 2. The van der Waals surface area contributed by atoms with Crippen LogP contribution in [0.3, 0.4) is 0 Å². The van der Waals surface area contributed by atoms with E-state index in [4.69, 9.17) is 4.74 Å². The quantitative estimate of drug-likeness (QED) is 0.387. The van der Waals surface area contributed by atoms with Gasteiger partial charge in [0.2, 0.25) is 0 Å². The van der Waals surface area contributed by atoms with Gasteiger partial charge in [0.05, 0.1) is 35.2 Å². The Hall–Kier alpha value is -4.01. The summed E-state index contributed by atoms with van der Waals surface area (Å²) in [6.07, 6.45) is 9.10. The van der Waals surface area contributed by atoms with E-state index in [9.17, 15) is 9.59 Å². The Labute approximate surface area is 221 Å². The average Bonchev–Trinajstić information content (AvgIpc) is 3.48. The third-order valence-corrected chi connectivity index (χ3v) is 7.15. The smallest absolute Gasteiger partial charge is 0.435 e. The van der Waals surface area contributed by atoms with Crippen LogP contribution in [0.4, 0.5) is 4.79 Å². The van der Waals surface area contributed by atoms with Gasteiger partial charge in [-0.3, -0.25) is 14.5 Å². The first-order valence-electron chi connectivity index (χ1n) is 13.2. The standard InChI is InChI=1S/C29H32N6O3/c1-29(2,3)38-28(37)34-17-19-15-22(12-13-25(19)32-34)35(21-10-11-21)27(36)23-8-6-9-26-24(23)16-31-33(26)18-20-7-4-5-14-30-20/h4-9,14,16-17,21-22H,10-13,15,18H2,1-3H3. The van der Waals surface area contributed by atoms with Gasteiger partial charge < -0.3 is 9.64 Å². The molecule has 3 aromatic heterocycles. The fourth-order valence-corrected chi connectivity index (χ4v) is 5.31. The maximum Gasteiger partial charge on any atom is 0.435 e. The van der Waals surface area contributed by atoms with E-state index < -0.39 is 11.7 Å². The number of aromatic nitrogens is 5. The van der Waals surface area contributed by atoms with Crippen molar-refractivity contribution >= 4 is 22.9 Å². The van der Waals surface area contributed by atoms with Gasteiger partial charge in [-0.2, -0.15) is 14.9 Å². The highest BCUT2D eigenvalue weighted by molar-refractivity contribution is 6.06. The Balaban J connectivity index is 1.25. The largest absolute Gasteiger partial charge is 0.442 e. The van der Waals surface area contributed by atoms with Gasteiger partial charge in [-0.15, -0.1) is 0 Å². The number of fused-ring (bicyclic) bond motifs is 2. The predicted octanol–water partition coefficient (Wildman–Crippen LogP) is 4.62. The number of hydrogen-bond acceptors (Lipinski definition) is 6. The summed E-state index contributed by atoms with van der Waals surface area (Å²) < 4.78 is 8.69. The first-order valence-corrected chi connectivity index (χ1v) is 13.2. The molecule has 1 fully saturated rings. The van der Waals surface area contributed by atoms with Gasteiger partial charge >= 0.3 is 6.09 Å². The molecule has 9 heteroatoms. The molecule has 0 bridgehead atoms. The zero-order chi connectivity index (χ0) is 26.4. The summed E-state index contributed by atoms with van der Waals surface area (Å²) in [5.41, 5.74) is 3.84. The van der Waals surface area contributed by atoms with Crippen LogP contribution in [0.15, 0.2) is 55.0 Å². The van der Waals surface area contributed by atoms with Gasteiger partial charge in [-0.25, -0.2) is 4.79 Å². The van der Waals surface area contributed by atoms with Crippen molar-refractivity contribution in [3.05, 3.63) is 77.5 Å². The Bertz CT molecular complexity index is 1500. The molecule has 2 aliphatic rings. The lowest BCUT2D eigenvalue weighted by atomic mass is 9.91. The van der Waals surface area contributed by atoms with Crippen molar-refractivity contribution in [1.82, 2.24) is 29.4 Å². The Morgan fingerprint density at radius 2 is 1.92 bits per heavy atom. The van der Waals surface area contributed by atoms with Crippen molar-refractivity contribution in [3.8, 4) is 0 Å². The molecule has 1 unspecified atom stereocenters. The third kappa shape index (κ3) is 4.80.